The van der Waals surface area contributed by atoms with Crippen molar-refractivity contribution < 1.29 is 24.2 Å². The van der Waals surface area contributed by atoms with Crippen LogP contribution in [0.4, 0.5) is 4.79 Å². The highest BCUT2D eigenvalue weighted by Crippen LogP contribution is 2.12. The number of nitrogens with one attached hydrogen (secondary N) is 2. The largest absolute Gasteiger partial charge is 0.445 e. The Kier molecular flexibility index (Phi) is 8.64. The number of halogens is 1. The first-order chi connectivity index (χ1) is 14.3. The zero-order valence-electron chi connectivity index (χ0n) is 16.4. The van der Waals surface area contributed by atoms with Crippen molar-refractivity contribution in [2.45, 2.75) is 38.1 Å². The maximum absolute atomic E-state index is 12.6. The summed E-state index contributed by atoms with van der Waals surface area (Å²) in [5.74, 6) is -1.54. The zero-order chi connectivity index (χ0) is 22.1. The Bertz CT molecular complexity index is 876. The van der Waals surface area contributed by atoms with Crippen molar-refractivity contribution in [2.24, 2.45) is 5.73 Å². The average molecular weight is 434 g/mol. The standard InChI is InChI=1S/C21H24ClN3O5/c1-13(26)18(25-21(29)30-12-14-6-3-2-4-7-14)20(28)24-17(19(23)27)11-15-8-5-9-16(22)10-15/h2-10,13,17-18,26H,11-12H2,1H3,(H2,23,27)(H,24,28)(H,25,29)/t13-,17+,18+/m1/s1. The van der Waals surface area contributed by atoms with E-state index in [9.17, 15) is 19.5 Å². The maximum Gasteiger partial charge on any atom is 0.408 e. The number of carbonyl (C=O) groups is 3. The molecular formula is C21H24ClN3O5. The molecule has 2 rings (SSSR count). The molecule has 8 nitrogen and oxygen atoms in total. The number of carbonyl (C=O) groups excluding carboxylic acids is 3. The monoisotopic (exact) mass is 433 g/mol. The van der Waals surface area contributed by atoms with Gasteiger partial charge in [-0.2, -0.15) is 0 Å². The molecule has 9 heteroatoms. The van der Waals surface area contributed by atoms with Crippen molar-refractivity contribution in [3.8, 4) is 0 Å². The van der Waals surface area contributed by atoms with E-state index in [1.165, 1.54) is 6.92 Å². The first-order valence-corrected chi connectivity index (χ1v) is 9.63. The summed E-state index contributed by atoms with van der Waals surface area (Å²) in [6.45, 7) is 1.33. The van der Waals surface area contributed by atoms with E-state index >= 15 is 0 Å². The summed E-state index contributed by atoms with van der Waals surface area (Å²) in [5, 5.41) is 15.2. The van der Waals surface area contributed by atoms with E-state index in [2.05, 4.69) is 10.6 Å². The van der Waals surface area contributed by atoms with E-state index in [1.807, 2.05) is 6.07 Å². The molecule has 0 heterocycles. The summed E-state index contributed by atoms with van der Waals surface area (Å²) < 4.78 is 5.07. The van der Waals surface area contributed by atoms with Crippen LogP contribution in [-0.4, -0.2) is 41.2 Å². The van der Waals surface area contributed by atoms with Crippen LogP contribution in [0.1, 0.15) is 18.1 Å². The van der Waals surface area contributed by atoms with Gasteiger partial charge in [0.05, 0.1) is 6.10 Å². The summed E-state index contributed by atoms with van der Waals surface area (Å²) >= 11 is 5.94. The van der Waals surface area contributed by atoms with Gasteiger partial charge in [0.15, 0.2) is 0 Å². The van der Waals surface area contributed by atoms with Crippen LogP contribution in [0.3, 0.4) is 0 Å². The van der Waals surface area contributed by atoms with Gasteiger partial charge in [0.1, 0.15) is 18.7 Å². The summed E-state index contributed by atoms with van der Waals surface area (Å²) in [6, 6.07) is 13.4. The molecule has 0 bridgehead atoms. The van der Waals surface area contributed by atoms with Gasteiger partial charge in [-0.3, -0.25) is 9.59 Å². The second kappa shape index (κ2) is 11.2. The molecule has 0 spiro atoms. The Hall–Kier alpha value is -3.10. The number of nitrogens with two attached hydrogens (primary N) is 1. The number of aliphatic hydroxyl groups excluding tert-OH is 1. The second-order valence-corrected chi connectivity index (χ2v) is 7.16. The molecule has 0 aromatic heterocycles. The second-order valence-electron chi connectivity index (χ2n) is 6.72. The highest BCUT2D eigenvalue weighted by molar-refractivity contribution is 6.30. The molecule has 0 aliphatic carbocycles. The third-order valence-electron chi connectivity index (χ3n) is 4.24. The molecular weight excluding hydrogens is 410 g/mol. The Balaban J connectivity index is 1.98. The Morgan fingerprint density at radius 1 is 1.07 bits per heavy atom. The van der Waals surface area contributed by atoms with Gasteiger partial charge >= 0.3 is 6.09 Å². The van der Waals surface area contributed by atoms with Gasteiger partial charge in [0.2, 0.25) is 11.8 Å². The Morgan fingerprint density at radius 2 is 1.73 bits per heavy atom. The molecule has 0 aliphatic heterocycles. The van der Waals surface area contributed by atoms with E-state index in [0.717, 1.165) is 5.56 Å². The fourth-order valence-electron chi connectivity index (χ4n) is 2.68. The van der Waals surface area contributed by atoms with Gasteiger partial charge in [0, 0.05) is 11.4 Å². The molecule has 0 aliphatic rings. The summed E-state index contributed by atoms with van der Waals surface area (Å²) in [6.07, 6.45) is -2.02. The third kappa shape index (κ3) is 7.38. The Morgan fingerprint density at radius 3 is 2.33 bits per heavy atom. The first kappa shape index (κ1) is 23.2. The molecule has 5 N–H and O–H groups in total. The highest BCUT2D eigenvalue weighted by Gasteiger charge is 2.29. The van der Waals surface area contributed by atoms with Crippen LogP contribution in [-0.2, 0) is 27.4 Å². The van der Waals surface area contributed by atoms with E-state index < -0.39 is 36.1 Å². The molecule has 0 saturated carbocycles. The summed E-state index contributed by atoms with van der Waals surface area (Å²) in [7, 11) is 0. The molecule has 30 heavy (non-hydrogen) atoms. The van der Waals surface area contributed by atoms with Crippen LogP contribution >= 0.6 is 11.6 Å². The number of rotatable bonds is 9. The molecule has 160 valence electrons. The van der Waals surface area contributed by atoms with Crippen molar-refractivity contribution in [1.82, 2.24) is 10.6 Å². The van der Waals surface area contributed by atoms with Crippen molar-refractivity contribution >= 4 is 29.5 Å². The molecule has 0 radical (unpaired) electrons. The van der Waals surface area contributed by atoms with Crippen LogP contribution in [0.2, 0.25) is 5.02 Å². The van der Waals surface area contributed by atoms with Gasteiger partial charge < -0.3 is 26.2 Å². The topological polar surface area (TPSA) is 131 Å². The predicted octanol–water partition coefficient (Wildman–Crippen LogP) is 1.53. The number of hydrogen-bond donors (Lipinski definition) is 4. The van der Waals surface area contributed by atoms with Crippen molar-refractivity contribution in [3.05, 3.63) is 70.7 Å². The lowest BCUT2D eigenvalue weighted by Crippen LogP contribution is -2.57. The lowest BCUT2D eigenvalue weighted by Gasteiger charge is -2.23. The minimum absolute atomic E-state index is 0.000497. The molecule has 3 amide bonds. The van der Waals surface area contributed by atoms with Crippen LogP contribution in [0.5, 0.6) is 0 Å². The predicted molar refractivity (Wildman–Crippen MR) is 112 cm³/mol. The van der Waals surface area contributed by atoms with Gasteiger partial charge in [-0.1, -0.05) is 54.1 Å². The fraction of sp³-hybridized carbons (Fsp3) is 0.286. The zero-order valence-corrected chi connectivity index (χ0v) is 17.1. The average Bonchev–Trinajstić information content (AvgIpc) is 2.70. The van der Waals surface area contributed by atoms with Crippen LogP contribution < -0.4 is 16.4 Å². The number of ether oxygens (including phenoxy) is 1. The van der Waals surface area contributed by atoms with Crippen LogP contribution in [0.15, 0.2) is 54.6 Å². The maximum atomic E-state index is 12.6. The number of aliphatic hydroxyl groups is 1. The first-order valence-electron chi connectivity index (χ1n) is 9.25. The number of amides is 3. The van der Waals surface area contributed by atoms with Gasteiger partial charge in [-0.25, -0.2) is 4.79 Å². The van der Waals surface area contributed by atoms with E-state index in [0.29, 0.717) is 10.6 Å². The quantitative estimate of drug-likeness (QED) is 0.476. The number of alkyl carbamates (subject to hydrolysis) is 1. The number of primary amides is 1. The van der Waals surface area contributed by atoms with Gasteiger partial charge in [-0.05, 0) is 30.2 Å². The third-order valence-corrected chi connectivity index (χ3v) is 4.47. The van der Waals surface area contributed by atoms with Crippen molar-refractivity contribution in [1.29, 1.82) is 0 Å². The van der Waals surface area contributed by atoms with Crippen molar-refractivity contribution in [3.63, 3.8) is 0 Å². The number of benzene rings is 2. The lowest BCUT2D eigenvalue weighted by atomic mass is 10.0. The minimum Gasteiger partial charge on any atom is -0.445 e. The SMILES string of the molecule is C[C@@H](O)[C@H](NC(=O)OCc1ccccc1)C(=O)N[C@@H](Cc1cccc(Cl)c1)C(N)=O. The molecule has 2 aromatic carbocycles. The molecule has 3 atom stereocenters. The van der Waals surface area contributed by atoms with Gasteiger partial charge in [0.25, 0.3) is 0 Å². The van der Waals surface area contributed by atoms with E-state index in [4.69, 9.17) is 22.1 Å². The Labute approximate surface area is 179 Å². The highest BCUT2D eigenvalue weighted by atomic mass is 35.5. The normalized spacial score (nSPS) is 13.6. The van der Waals surface area contributed by atoms with E-state index in [-0.39, 0.29) is 13.0 Å². The molecule has 0 unspecified atom stereocenters. The molecule has 0 saturated heterocycles. The smallest absolute Gasteiger partial charge is 0.408 e. The molecule has 2 aromatic rings. The van der Waals surface area contributed by atoms with Crippen molar-refractivity contribution in [2.75, 3.05) is 0 Å². The lowest BCUT2D eigenvalue weighted by molar-refractivity contribution is -0.130. The van der Waals surface area contributed by atoms with Crippen LogP contribution in [0, 0.1) is 0 Å². The summed E-state index contributed by atoms with van der Waals surface area (Å²) in [5.41, 5.74) is 6.85. The minimum atomic E-state index is -1.34. The summed E-state index contributed by atoms with van der Waals surface area (Å²) in [4.78, 5) is 36.4. The number of hydrogen-bond acceptors (Lipinski definition) is 5. The fourth-order valence-corrected chi connectivity index (χ4v) is 2.89. The molecule has 0 fully saturated rings. The van der Waals surface area contributed by atoms with Crippen LogP contribution in [0.25, 0.3) is 0 Å². The van der Waals surface area contributed by atoms with E-state index in [1.54, 1.807) is 48.5 Å². The van der Waals surface area contributed by atoms with Gasteiger partial charge in [-0.15, -0.1) is 0 Å².